The van der Waals surface area contributed by atoms with E-state index in [9.17, 15) is 9.59 Å². The van der Waals surface area contributed by atoms with E-state index in [2.05, 4.69) is 14.7 Å². The first kappa shape index (κ1) is 11.8. The first-order chi connectivity index (χ1) is 8.70. The number of carbonyl (C=O) groups is 1. The largest absolute Gasteiger partial charge is 0.465 e. The lowest BCUT2D eigenvalue weighted by atomic mass is 10.2. The predicted molar refractivity (Wildman–Crippen MR) is 62.7 cm³/mol. The van der Waals surface area contributed by atoms with Gasteiger partial charge in [-0.25, -0.2) is 9.78 Å². The number of aromatic nitrogens is 2. The molecule has 0 amide bonds. The number of benzene rings is 1. The first-order valence-corrected chi connectivity index (χ1v) is 5.10. The van der Waals surface area contributed by atoms with Crippen molar-refractivity contribution in [2.45, 2.75) is 0 Å². The van der Waals surface area contributed by atoms with Gasteiger partial charge >= 0.3 is 11.5 Å². The summed E-state index contributed by atoms with van der Waals surface area (Å²) in [5.74, 6) is -0.0765. The fourth-order valence-electron chi connectivity index (χ4n) is 1.30. The number of nitrogens with one attached hydrogen (secondary N) is 1. The highest BCUT2D eigenvalue weighted by Crippen LogP contribution is 2.17. The number of hydrogen-bond acceptors (Lipinski definition) is 5. The maximum Gasteiger partial charge on any atom is 0.337 e. The highest BCUT2D eigenvalue weighted by atomic mass is 16.5. The van der Waals surface area contributed by atoms with Crippen LogP contribution in [0.3, 0.4) is 0 Å². The molecular formula is C12H10N2O4. The summed E-state index contributed by atoms with van der Waals surface area (Å²) in [6.07, 6.45) is 2.83. The van der Waals surface area contributed by atoms with Gasteiger partial charge in [-0.1, -0.05) is 0 Å². The minimum Gasteiger partial charge on any atom is -0.465 e. The second kappa shape index (κ2) is 5.13. The van der Waals surface area contributed by atoms with Crippen molar-refractivity contribution in [2.24, 2.45) is 0 Å². The third-order valence-corrected chi connectivity index (χ3v) is 2.16. The Balaban J connectivity index is 2.19. The number of esters is 1. The summed E-state index contributed by atoms with van der Waals surface area (Å²) < 4.78 is 9.84. The summed E-state index contributed by atoms with van der Waals surface area (Å²) >= 11 is 0. The Kier molecular flexibility index (Phi) is 3.38. The molecule has 1 N–H and O–H groups in total. The molecule has 1 aromatic heterocycles. The lowest BCUT2D eigenvalue weighted by Crippen LogP contribution is -2.09. The number of H-pyrrole nitrogens is 1. The lowest BCUT2D eigenvalue weighted by molar-refractivity contribution is 0.0600. The zero-order valence-corrected chi connectivity index (χ0v) is 9.54. The van der Waals surface area contributed by atoms with Gasteiger partial charge in [0.15, 0.2) is 0 Å². The molecule has 0 atom stereocenters. The SMILES string of the molecule is COC(=O)c1ccc(Oc2ncc[nH]c2=O)cc1. The molecule has 0 aliphatic carbocycles. The molecule has 0 bridgehead atoms. The van der Waals surface area contributed by atoms with E-state index in [0.29, 0.717) is 11.3 Å². The maximum absolute atomic E-state index is 11.3. The Morgan fingerprint density at radius 1 is 1.28 bits per heavy atom. The number of methoxy groups -OCH3 is 1. The quantitative estimate of drug-likeness (QED) is 0.826. The van der Waals surface area contributed by atoms with Crippen LogP contribution in [0.1, 0.15) is 10.4 Å². The molecule has 0 unspecified atom stereocenters. The van der Waals surface area contributed by atoms with E-state index in [1.807, 2.05) is 0 Å². The van der Waals surface area contributed by atoms with Crippen molar-refractivity contribution in [1.29, 1.82) is 0 Å². The van der Waals surface area contributed by atoms with Crippen molar-refractivity contribution in [1.82, 2.24) is 9.97 Å². The molecule has 0 spiro atoms. The zero-order chi connectivity index (χ0) is 13.0. The van der Waals surface area contributed by atoms with E-state index in [0.717, 1.165) is 0 Å². The van der Waals surface area contributed by atoms with Gasteiger partial charge in [0.25, 0.3) is 5.88 Å². The summed E-state index contributed by atoms with van der Waals surface area (Å²) in [7, 11) is 1.31. The van der Waals surface area contributed by atoms with Crippen LogP contribution in [0, 0.1) is 0 Å². The molecule has 0 fully saturated rings. The van der Waals surface area contributed by atoms with Crippen molar-refractivity contribution in [3.05, 3.63) is 52.6 Å². The number of carbonyl (C=O) groups excluding carboxylic acids is 1. The second-order valence-corrected chi connectivity index (χ2v) is 3.34. The normalized spacial score (nSPS) is 9.83. The molecule has 0 aliphatic rings. The molecule has 0 saturated carbocycles. The van der Waals surface area contributed by atoms with Gasteiger partial charge in [0.2, 0.25) is 0 Å². The van der Waals surface area contributed by atoms with Gasteiger partial charge in [0, 0.05) is 12.4 Å². The summed E-state index contributed by atoms with van der Waals surface area (Å²) in [4.78, 5) is 28.8. The van der Waals surface area contributed by atoms with E-state index in [4.69, 9.17) is 4.74 Å². The topological polar surface area (TPSA) is 81.3 Å². The molecule has 6 nitrogen and oxygen atoms in total. The fourth-order valence-corrected chi connectivity index (χ4v) is 1.30. The molecule has 18 heavy (non-hydrogen) atoms. The van der Waals surface area contributed by atoms with Gasteiger partial charge in [-0.15, -0.1) is 0 Å². The summed E-state index contributed by atoms with van der Waals surface area (Å²) in [6.45, 7) is 0. The van der Waals surface area contributed by atoms with Crippen LogP contribution in [-0.4, -0.2) is 23.0 Å². The molecule has 6 heteroatoms. The van der Waals surface area contributed by atoms with Crippen LogP contribution in [0.4, 0.5) is 0 Å². The molecule has 1 heterocycles. The third-order valence-electron chi connectivity index (χ3n) is 2.16. The minimum absolute atomic E-state index is 0.0525. The average Bonchev–Trinajstić information content (AvgIpc) is 2.41. The Morgan fingerprint density at radius 3 is 2.61 bits per heavy atom. The Morgan fingerprint density at radius 2 is 2.00 bits per heavy atom. The van der Waals surface area contributed by atoms with Crippen LogP contribution >= 0.6 is 0 Å². The molecule has 1 aromatic carbocycles. The van der Waals surface area contributed by atoms with Crippen molar-refractivity contribution in [2.75, 3.05) is 7.11 Å². The third kappa shape index (κ3) is 2.54. The smallest absolute Gasteiger partial charge is 0.337 e. The number of aromatic amines is 1. The van der Waals surface area contributed by atoms with Crippen LogP contribution in [-0.2, 0) is 4.74 Å². The van der Waals surface area contributed by atoms with Crippen molar-refractivity contribution in [3.63, 3.8) is 0 Å². The van der Waals surface area contributed by atoms with Gasteiger partial charge in [-0.3, -0.25) is 4.79 Å². The monoisotopic (exact) mass is 246 g/mol. The van der Waals surface area contributed by atoms with Crippen LogP contribution in [0.2, 0.25) is 0 Å². The number of nitrogens with zero attached hydrogens (tertiary/aromatic N) is 1. The molecule has 0 radical (unpaired) electrons. The number of rotatable bonds is 3. The maximum atomic E-state index is 11.3. The van der Waals surface area contributed by atoms with Crippen LogP contribution in [0.15, 0.2) is 41.5 Å². The molecule has 2 rings (SSSR count). The Bertz CT molecular complexity index is 604. The van der Waals surface area contributed by atoms with Crippen LogP contribution in [0.5, 0.6) is 11.6 Å². The van der Waals surface area contributed by atoms with E-state index < -0.39 is 11.5 Å². The predicted octanol–water partition coefficient (Wildman–Crippen LogP) is 1.35. The average molecular weight is 246 g/mol. The van der Waals surface area contributed by atoms with E-state index >= 15 is 0 Å². The minimum atomic E-state index is -0.433. The molecule has 0 aliphatic heterocycles. The van der Waals surface area contributed by atoms with Gasteiger partial charge in [-0.2, -0.15) is 0 Å². The molecule has 2 aromatic rings. The highest BCUT2D eigenvalue weighted by Gasteiger charge is 2.06. The number of ether oxygens (including phenoxy) is 2. The Hall–Kier alpha value is -2.63. The van der Waals surface area contributed by atoms with Crippen LogP contribution in [0.25, 0.3) is 0 Å². The fraction of sp³-hybridized carbons (Fsp3) is 0.0833. The van der Waals surface area contributed by atoms with E-state index in [1.54, 1.807) is 12.1 Å². The molecule has 92 valence electrons. The summed E-state index contributed by atoms with van der Waals surface area (Å²) in [5.41, 5.74) is -0.0191. The van der Waals surface area contributed by atoms with Crippen molar-refractivity contribution >= 4 is 5.97 Å². The van der Waals surface area contributed by atoms with Gasteiger partial charge in [0.05, 0.1) is 12.7 Å². The summed E-state index contributed by atoms with van der Waals surface area (Å²) in [5, 5.41) is 0. The Labute approximate surface area is 102 Å². The second-order valence-electron chi connectivity index (χ2n) is 3.34. The molecule has 0 saturated heterocycles. The highest BCUT2D eigenvalue weighted by molar-refractivity contribution is 5.89. The van der Waals surface area contributed by atoms with Gasteiger partial charge in [0.1, 0.15) is 5.75 Å². The zero-order valence-electron chi connectivity index (χ0n) is 9.54. The van der Waals surface area contributed by atoms with Crippen LogP contribution < -0.4 is 10.3 Å². The van der Waals surface area contributed by atoms with Gasteiger partial charge in [-0.05, 0) is 24.3 Å². The van der Waals surface area contributed by atoms with E-state index in [1.165, 1.54) is 31.6 Å². The van der Waals surface area contributed by atoms with Crippen molar-refractivity contribution < 1.29 is 14.3 Å². The van der Waals surface area contributed by atoms with Crippen molar-refractivity contribution in [3.8, 4) is 11.6 Å². The summed E-state index contributed by atoms with van der Waals surface area (Å²) in [6, 6.07) is 6.19. The van der Waals surface area contributed by atoms with E-state index in [-0.39, 0.29) is 5.88 Å². The molecular weight excluding hydrogens is 236 g/mol. The number of hydrogen-bond donors (Lipinski definition) is 1. The first-order valence-electron chi connectivity index (χ1n) is 5.10. The standard InChI is InChI=1S/C12H10N2O4/c1-17-12(16)8-2-4-9(5-3-8)18-11-10(15)13-6-7-14-11/h2-7H,1H3,(H,13,15). The van der Waals surface area contributed by atoms with Gasteiger partial charge < -0.3 is 14.5 Å². The lowest BCUT2D eigenvalue weighted by Gasteiger charge is -2.04.